The summed E-state index contributed by atoms with van der Waals surface area (Å²) in [5.41, 5.74) is 0. The van der Waals surface area contributed by atoms with Crippen LogP contribution in [0, 0.1) is 0 Å². The predicted octanol–water partition coefficient (Wildman–Crippen LogP) is 3.82. The first-order chi connectivity index (χ1) is 14.1. The Morgan fingerprint density at radius 3 is 2.48 bits per heavy atom. The molecule has 1 aliphatic rings. The molecule has 0 aliphatic carbocycles. The molecule has 1 amide bonds. The van der Waals surface area contributed by atoms with Crippen molar-refractivity contribution < 1.29 is 14.3 Å². The maximum Gasteiger partial charge on any atom is 0.258 e. The molecule has 0 bridgehead atoms. The smallest absolute Gasteiger partial charge is 0.258 e. The highest BCUT2D eigenvalue weighted by Crippen LogP contribution is 2.16. The number of piperidine rings is 1. The largest absolute Gasteiger partial charge is 0.494 e. The van der Waals surface area contributed by atoms with Crippen molar-refractivity contribution in [2.45, 2.75) is 25.3 Å². The topological polar surface area (TPSA) is 63.7 Å². The van der Waals surface area contributed by atoms with E-state index in [-0.39, 0.29) is 18.6 Å². The zero-order chi connectivity index (χ0) is 20.5. The second-order valence-electron chi connectivity index (χ2n) is 6.94. The molecule has 2 aromatic rings. The third-order valence-corrected chi connectivity index (χ3v) is 5.18. The number of ether oxygens (including phenoxy) is 2. The highest BCUT2D eigenvalue weighted by atomic mass is 35.5. The number of likely N-dealkylation sites (tertiary alicyclic amines) is 1. The Morgan fingerprint density at radius 2 is 1.79 bits per heavy atom. The Balaban J connectivity index is 1.26. The van der Waals surface area contributed by atoms with Gasteiger partial charge in [0.05, 0.1) is 11.6 Å². The number of carbonyl (C=O) groups excluding carboxylic acids is 1. The molecular weight excluding hydrogens is 413 g/mol. The zero-order valence-corrected chi connectivity index (χ0v) is 17.7. The molecule has 1 N–H and O–H groups in total. The maximum absolute atomic E-state index is 12.1. The van der Waals surface area contributed by atoms with Crippen LogP contribution in [0.15, 0.2) is 42.6 Å². The second kappa shape index (κ2) is 11.2. The lowest BCUT2D eigenvalue weighted by Gasteiger charge is -2.32. The van der Waals surface area contributed by atoms with Gasteiger partial charge >= 0.3 is 0 Å². The average molecular weight is 438 g/mol. The first-order valence-corrected chi connectivity index (χ1v) is 10.5. The molecule has 0 spiro atoms. The fraction of sp³-hybridized carbons (Fsp3) is 0.429. The van der Waals surface area contributed by atoms with E-state index in [1.807, 2.05) is 24.3 Å². The maximum atomic E-state index is 12.1. The number of nitrogens with one attached hydrogen (secondary N) is 1. The van der Waals surface area contributed by atoms with E-state index in [4.69, 9.17) is 32.7 Å². The van der Waals surface area contributed by atoms with Crippen molar-refractivity contribution in [3.8, 4) is 11.6 Å². The van der Waals surface area contributed by atoms with E-state index in [9.17, 15) is 4.79 Å². The standard InChI is InChI=1S/C21H25Cl2N3O3/c22-16-2-5-19(6-3-16)28-13-1-10-26-11-8-18(9-12-26)25-20(27)15-29-21-7-4-17(23)14-24-21/h2-7,14,18H,1,8-13,15H2,(H,25,27). The highest BCUT2D eigenvalue weighted by molar-refractivity contribution is 6.30. The Hall–Kier alpha value is -2.02. The van der Waals surface area contributed by atoms with Crippen LogP contribution in [-0.2, 0) is 4.79 Å². The molecule has 29 heavy (non-hydrogen) atoms. The van der Waals surface area contributed by atoms with Crippen LogP contribution in [0.4, 0.5) is 0 Å². The van der Waals surface area contributed by atoms with Gasteiger partial charge in [0.25, 0.3) is 5.91 Å². The van der Waals surface area contributed by atoms with E-state index in [0.717, 1.165) is 44.6 Å². The van der Waals surface area contributed by atoms with Crippen molar-refractivity contribution in [2.24, 2.45) is 0 Å². The Kier molecular flexibility index (Phi) is 8.40. The number of rotatable bonds is 9. The lowest BCUT2D eigenvalue weighted by atomic mass is 10.0. The third-order valence-electron chi connectivity index (χ3n) is 4.71. The minimum absolute atomic E-state index is 0.0448. The normalized spacial score (nSPS) is 15.1. The van der Waals surface area contributed by atoms with Crippen LogP contribution < -0.4 is 14.8 Å². The van der Waals surface area contributed by atoms with Crippen LogP contribution in [0.2, 0.25) is 10.0 Å². The van der Waals surface area contributed by atoms with Gasteiger partial charge in [-0.3, -0.25) is 4.79 Å². The molecule has 0 saturated carbocycles. The second-order valence-corrected chi connectivity index (χ2v) is 7.82. The summed E-state index contributed by atoms with van der Waals surface area (Å²) in [6.45, 7) is 3.54. The molecule has 2 heterocycles. The zero-order valence-electron chi connectivity index (χ0n) is 16.2. The molecule has 8 heteroatoms. The molecule has 0 unspecified atom stereocenters. The van der Waals surface area contributed by atoms with Gasteiger partial charge in [0.15, 0.2) is 6.61 Å². The van der Waals surface area contributed by atoms with E-state index < -0.39 is 0 Å². The van der Waals surface area contributed by atoms with E-state index in [0.29, 0.717) is 22.5 Å². The van der Waals surface area contributed by atoms with Gasteiger partial charge in [-0.05, 0) is 49.6 Å². The van der Waals surface area contributed by atoms with Gasteiger partial charge in [0.2, 0.25) is 5.88 Å². The number of nitrogens with zero attached hydrogens (tertiary/aromatic N) is 2. The van der Waals surface area contributed by atoms with E-state index >= 15 is 0 Å². The molecule has 6 nitrogen and oxygen atoms in total. The molecule has 1 saturated heterocycles. The summed E-state index contributed by atoms with van der Waals surface area (Å²) in [5, 5.41) is 4.28. The van der Waals surface area contributed by atoms with Gasteiger partial charge in [-0.15, -0.1) is 0 Å². The number of carbonyl (C=O) groups is 1. The van der Waals surface area contributed by atoms with Gasteiger partial charge in [-0.1, -0.05) is 23.2 Å². The van der Waals surface area contributed by atoms with Gasteiger partial charge in [0, 0.05) is 43.0 Å². The summed E-state index contributed by atoms with van der Waals surface area (Å²) in [4.78, 5) is 18.5. The summed E-state index contributed by atoms with van der Waals surface area (Å²) < 4.78 is 11.1. The number of hydrogen-bond acceptors (Lipinski definition) is 5. The van der Waals surface area contributed by atoms with Gasteiger partial charge in [0.1, 0.15) is 5.75 Å². The molecule has 1 fully saturated rings. The van der Waals surface area contributed by atoms with Crippen LogP contribution in [0.1, 0.15) is 19.3 Å². The minimum atomic E-state index is -0.128. The Labute approximate surface area is 181 Å². The van der Waals surface area contributed by atoms with Crippen LogP contribution >= 0.6 is 23.2 Å². The molecule has 3 rings (SSSR count). The average Bonchev–Trinajstić information content (AvgIpc) is 2.73. The lowest BCUT2D eigenvalue weighted by molar-refractivity contribution is -0.124. The van der Waals surface area contributed by atoms with Crippen molar-refractivity contribution in [1.29, 1.82) is 0 Å². The minimum Gasteiger partial charge on any atom is -0.494 e. The molecule has 1 aromatic heterocycles. The molecule has 1 aromatic carbocycles. The number of amides is 1. The summed E-state index contributed by atoms with van der Waals surface area (Å²) >= 11 is 11.6. The molecule has 0 radical (unpaired) electrons. The number of pyridine rings is 1. The predicted molar refractivity (Wildman–Crippen MR) is 114 cm³/mol. The Bertz CT molecular complexity index is 764. The molecule has 156 valence electrons. The SMILES string of the molecule is O=C(COc1ccc(Cl)cn1)NC1CCN(CCCOc2ccc(Cl)cc2)CC1. The molecule has 0 atom stereocenters. The third kappa shape index (κ3) is 7.72. The Morgan fingerprint density at radius 1 is 1.07 bits per heavy atom. The van der Waals surface area contributed by atoms with E-state index in [2.05, 4.69) is 15.2 Å². The van der Waals surface area contributed by atoms with Crippen molar-refractivity contribution >= 4 is 29.1 Å². The summed E-state index contributed by atoms with van der Waals surface area (Å²) in [7, 11) is 0. The van der Waals surface area contributed by atoms with Crippen LogP contribution in [0.5, 0.6) is 11.6 Å². The van der Waals surface area contributed by atoms with Crippen molar-refractivity contribution in [3.05, 3.63) is 52.6 Å². The van der Waals surface area contributed by atoms with Crippen LogP contribution in [0.3, 0.4) is 0 Å². The van der Waals surface area contributed by atoms with Crippen molar-refractivity contribution in [2.75, 3.05) is 32.8 Å². The first kappa shape index (κ1) is 21.7. The van der Waals surface area contributed by atoms with E-state index in [1.54, 1.807) is 12.1 Å². The number of hydrogen-bond donors (Lipinski definition) is 1. The van der Waals surface area contributed by atoms with Crippen molar-refractivity contribution in [1.82, 2.24) is 15.2 Å². The summed E-state index contributed by atoms with van der Waals surface area (Å²) in [5.74, 6) is 1.10. The van der Waals surface area contributed by atoms with Crippen LogP contribution in [-0.4, -0.2) is 54.7 Å². The van der Waals surface area contributed by atoms with Gasteiger partial charge in [-0.25, -0.2) is 4.98 Å². The van der Waals surface area contributed by atoms with Gasteiger partial charge in [-0.2, -0.15) is 0 Å². The monoisotopic (exact) mass is 437 g/mol. The number of halogens is 2. The van der Waals surface area contributed by atoms with Gasteiger partial charge < -0.3 is 19.7 Å². The first-order valence-electron chi connectivity index (χ1n) is 9.73. The molecular formula is C21H25Cl2N3O3. The lowest BCUT2D eigenvalue weighted by Crippen LogP contribution is -2.46. The van der Waals surface area contributed by atoms with Crippen LogP contribution in [0.25, 0.3) is 0 Å². The summed E-state index contributed by atoms with van der Waals surface area (Å²) in [6, 6.07) is 10.9. The number of aromatic nitrogens is 1. The quantitative estimate of drug-likeness (QED) is 0.604. The van der Waals surface area contributed by atoms with E-state index in [1.165, 1.54) is 6.20 Å². The highest BCUT2D eigenvalue weighted by Gasteiger charge is 2.20. The molecule has 1 aliphatic heterocycles. The fourth-order valence-electron chi connectivity index (χ4n) is 3.17. The summed E-state index contributed by atoms with van der Waals surface area (Å²) in [6.07, 6.45) is 4.32. The van der Waals surface area contributed by atoms with Crippen molar-refractivity contribution in [3.63, 3.8) is 0 Å². The fourth-order valence-corrected chi connectivity index (χ4v) is 3.40. The number of benzene rings is 1.